The number of anilines is 1. The summed E-state index contributed by atoms with van der Waals surface area (Å²) in [6, 6.07) is 0. The van der Waals surface area contributed by atoms with Gasteiger partial charge in [0.05, 0.1) is 18.7 Å². The highest BCUT2D eigenvalue weighted by atomic mass is 35.5. The fraction of sp³-hybridized carbons (Fsp3) is 0.167. The second-order valence-electron chi connectivity index (χ2n) is 2.23. The van der Waals surface area contributed by atoms with Crippen molar-refractivity contribution in [1.82, 2.24) is 20.2 Å². The van der Waals surface area contributed by atoms with E-state index in [1.165, 1.54) is 13.3 Å². The van der Waals surface area contributed by atoms with Gasteiger partial charge in [-0.25, -0.2) is 5.48 Å². The third-order valence-electron chi connectivity index (χ3n) is 1.44. The Morgan fingerprint density at radius 3 is 3.31 bits per heavy atom. The topological polar surface area (TPSA) is 75.7 Å². The molecule has 2 heterocycles. The van der Waals surface area contributed by atoms with Gasteiger partial charge in [-0.05, 0) is 11.6 Å². The average molecular weight is 201 g/mol. The molecule has 0 aromatic carbocycles. The Labute approximate surface area is 79.7 Å². The molecule has 0 unspecified atom stereocenters. The zero-order valence-corrected chi connectivity index (χ0v) is 7.41. The van der Waals surface area contributed by atoms with Crippen LogP contribution in [0.4, 0.5) is 5.82 Å². The third kappa shape index (κ3) is 1.41. The standard InChI is InChI=1S/C6H6ClN5O/c1-13-12-5-3-2-8-11-4(3)9-6(7)10-5/h2H,1H3,(H2,8,9,10,11,12)/i/hD. The second-order valence-corrected chi connectivity index (χ2v) is 2.57. The summed E-state index contributed by atoms with van der Waals surface area (Å²) in [6.45, 7) is 0. The molecule has 0 saturated heterocycles. The number of rotatable bonds is 2. The van der Waals surface area contributed by atoms with Crippen LogP contribution in [0, 0.1) is 0 Å². The van der Waals surface area contributed by atoms with Gasteiger partial charge in [-0.2, -0.15) is 15.1 Å². The Morgan fingerprint density at radius 1 is 1.69 bits per heavy atom. The zero-order chi connectivity index (χ0) is 10.1. The molecule has 0 radical (unpaired) electrons. The summed E-state index contributed by atoms with van der Waals surface area (Å²) >= 11 is 5.65. The van der Waals surface area contributed by atoms with Gasteiger partial charge in [-0.1, -0.05) is 0 Å². The number of nitrogens with zero attached hydrogens (tertiary/aromatic N) is 3. The minimum Gasteiger partial charge on any atom is -0.278 e. The molecule has 2 aromatic rings. The number of halogens is 1. The van der Waals surface area contributed by atoms with Crippen LogP contribution in [0.25, 0.3) is 11.0 Å². The van der Waals surface area contributed by atoms with E-state index in [4.69, 9.17) is 17.9 Å². The quantitative estimate of drug-likeness (QED) is 0.558. The number of fused-ring (bicyclic) bond motifs is 1. The molecule has 68 valence electrons. The van der Waals surface area contributed by atoms with Crippen LogP contribution in [0.5, 0.6) is 0 Å². The number of H-pyrrole nitrogens is 1. The van der Waals surface area contributed by atoms with Crippen LogP contribution in [0.15, 0.2) is 6.20 Å². The molecule has 7 heteroatoms. The van der Waals surface area contributed by atoms with Crippen LogP contribution < -0.4 is 5.48 Å². The van der Waals surface area contributed by atoms with Crippen molar-refractivity contribution in [2.24, 2.45) is 0 Å². The molecule has 0 fully saturated rings. The van der Waals surface area contributed by atoms with Crippen molar-refractivity contribution in [3.63, 3.8) is 0 Å². The zero-order valence-electron chi connectivity index (χ0n) is 7.65. The van der Waals surface area contributed by atoms with Crippen LogP contribution in [0.2, 0.25) is 6.70 Å². The number of aromatic amines is 1. The van der Waals surface area contributed by atoms with Crippen molar-refractivity contribution in [1.29, 1.82) is 0 Å². The normalized spacial score (nSPS) is 11.7. The van der Waals surface area contributed by atoms with E-state index in [1.807, 2.05) is 0 Å². The molecule has 0 saturated carbocycles. The molecule has 13 heavy (non-hydrogen) atoms. The van der Waals surface area contributed by atoms with Gasteiger partial charge in [0, 0.05) is 0 Å². The first-order valence-corrected chi connectivity index (χ1v) is 3.79. The van der Waals surface area contributed by atoms with E-state index in [9.17, 15) is 0 Å². The summed E-state index contributed by atoms with van der Waals surface area (Å²) in [7, 11) is 1.45. The monoisotopic (exact) mass is 200 g/mol. The number of hydrogen-bond acceptors (Lipinski definition) is 5. The maximum Gasteiger partial charge on any atom is 0.226 e. The molecular weight excluding hydrogens is 194 g/mol. The molecule has 0 aliphatic heterocycles. The number of nitrogens with one attached hydrogen (secondary N) is 2. The summed E-state index contributed by atoms with van der Waals surface area (Å²) < 4.78 is 7.36. The van der Waals surface area contributed by atoms with E-state index >= 15 is 0 Å². The Hall–Kier alpha value is -1.40. The molecule has 0 aliphatic carbocycles. The molecule has 6 nitrogen and oxygen atoms in total. The van der Waals surface area contributed by atoms with E-state index in [1.54, 1.807) is 0 Å². The largest absolute Gasteiger partial charge is 0.278 e. The first-order valence-electron chi connectivity index (χ1n) is 3.86. The van der Waals surface area contributed by atoms with Crippen molar-refractivity contribution in [2.45, 2.75) is 0 Å². The lowest BCUT2D eigenvalue weighted by molar-refractivity contribution is 0.269. The Morgan fingerprint density at radius 2 is 2.54 bits per heavy atom. The maximum atomic E-state index is 7.36. The third-order valence-corrected chi connectivity index (χ3v) is 1.61. The van der Waals surface area contributed by atoms with Gasteiger partial charge >= 0.3 is 0 Å². The van der Waals surface area contributed by atoms with Crippen molar-refractivity contribution >= 4 is 28.5 Å². The van der Waals surface area contributed by atoms with Crippen LogP contribution in [-0.2, 0) is 4.84 Å². The second kappa shape index (κ2) is 3.15. The van der Waals surface area contributed by atoms with E-state index < -0.39 is 0 Å². The minimum absolute atomic E-state index is 0.0334. The van der Waals surface area contributed by atoms with Gasteiger partial charge in [0.2, 0.25) is 5.28 Å². The fourth-order valence-electron chi connectivity index (χ4n) is 0.942. The summed E-state index contributed by atoms with van der Waals surface area (Å²) in [5, 5.41) is 5.18. The summed E-state index contributed by atoms with van der Waals surface area (Å²) in [5.41, 5.74) is 2.86. The van der Waals surface area contributed by atoms with Gasteiger partial charge in [0.15, 0.2) is 12.9 Å². The summed E-state index contributed by atoms with van der Waals surface area (Å²) in [5.74, 6) is 0.390. The summed E-state index contributed by atoms with van der Waals surface area (Å²) in [6.07, 6.45) is 1.46. The van der Waals surface area contributed by atoms with Gasteiger partial charge in [-0.15, -0.1) is 0 Å². The predicted octanol–water partition coefficient (Wildman–Crippen LogP) is 0.980. The first-order chi connectivity index (χ1) is 6.72. The fourth-order valence-corrected chi connectivity index (χ4v) is 1.11. The lowest BCUT2D eigenvalue weighted by atomic mass is 10.4. The van der Waals surface area contributed by atoms with Crippen LogP contribution >= 0.6 is 11.6 Å². The molecule has 2 N–H and O–H groups in total. The first kappa shape index (κ1) is 7.05. The smallest absolute Gasteiger partial charge is 0.226 e. The Bertz CT molecular complexity index is 472. The van der Waals surface area contributed by atoms with Crippen molar-refractivity contribution < 1.29 is 6.25 Å². The lowest BCUT2D eigenvalue weighted by Gasteiger charge is -2.02. The van der Waals surface area contributed by atoms with Crippen LogP contribution in [0.1, 0.15) is 0 Å². The van der Waals surface area contributed by atoms with Crippen molar-refractivity contribution in [3.05, 3.63) is 11.5 Å². The minimum atomic E-state index is 0.0334. The average Bonchev–Trinajstić information content (AvgIpc) is 2.49. The molecule has 2 rings (SSSR count). The molecule has 0 amide bonds. The van der Waals surface area contributed by atoms with Gasteiger partial charge < -0.3 is 0 Å². The maximum absolute atomic E-state index is 7.36. The molecule has 0 spiro atoms. The van der Waals surface area contributed by atoms with Gasteiger partial charge in [-0.3, -0.25) is 9.93 Å². The van der Waals surface area contributed by atoms with E-state index in [0.29, 0.717) is 16.9 Å². The van der Waals surface area contributed by atoms with E-state index in [0.717, 1.165) is 5.09 Å². The molecule has 0 aliphatic rings. The van der Waals surface area contributed by atoms with E-state index in [2.05, 4.69) is 20.5 Å². The molecule has 0 atom stereocenters. The highest BCUT2D eigenvalue weighted by molar-refractivity contribution is 6.28. The number of aromatic nitrogens is 4. The van der Waals surface area contributed by atoms with Crippen LogP contribution in [0.3, 0.4) is 0 Å². The molecular formula is C6H6ClN5O. The number of hydrogen-bond donors (Lipinski definition) is 2. The van der Waals surface area contributed by atoms with Crippen LogP contribution in [-0.4, -0.2) is 27.3 Å². The van der Waals surface area contributed by atoms with Gasteiger partial charge in [0.25, 0.3) is 0 Å². The Balaban J connectivity index is 2.68. The molecule has 2 aromatic heterocycles. The summed E-state index contributed by atoms with van der Waals surface area (Å²) in [4.78, 5) is 12.4. The molecule has 0 bridgehead atoms. The van der Waals surface area contributed by atoms with Crippen molar-refractivity contribution in [3.8, 4) is 0 Å². The Kier molecular flexibility index (Phi) is 1.71. The lowest BCUT2D eigenvalue weighted by Crippen LogP contribution is -1.99. The SMILES string of the molecule is [2H]n1ncc2c(NOC)nc(Cl)nc21. The predicted molar refractivity (Wildman–Crippen MR) is 47.3 cm³/mol. The van der Waals surface area contributed by atoms with E-state index in [-0.39, 0.29) is 5.28 Å². The highest BCUT2D eigenvalue weighted by Crippen LogP contribution is 2.19. The van der Waals surface area contributed by atoms with Gasteiger partial charge in [0.1, 0.15) is 0 Å². The highest BCUT2D eigenvalue weighted by Gasteiger charge is 2.07. The van der Waals surface area contributed by atoms with Crippen molar-refractivity contribution in [2.75, 3.05) is 12.6 Å².